The van der Waals surface area contributed by atoms with Crippen molar-refractivity contribution in [2.75, 3.05) is 69.3 Å². The molecule has 0 bridgehead atoms. The Balaban J connectivity index is 1.30. The van der Waals surface area contributed by atoms with Crippen molar-refractivity contribution >= 4 is 28.2 Å². The molecule has 3 aliphatic rings. The molecule has 0 spiro atoms. The van der Waals surface area contributed by atoms with E-state index in [-0.39, 0.29) is 18.5 Å². The largest absolute Gasteiger partial charge is 0.462 e. The highest BCUT2D eigenvalue weighted by atomic mass is 16.5. The Morgan fingerprint density at radius 1 is 1.16 bits per heavy atom. The van der Waals surface area contributed by atoms with Crippen molar-refractivity contribution in [1.82, 2.24) is 19.8 Å². The minimum absolute atomic E-state index is 0.127. The van der Waals surface area contributed by atoms with E-state index in [2.05, 4.69) is 76.5 Å². The summed E-state index contributed by atoms with van der Waals surface area (Å²) in [6.07, 6.45) is 4.80. The van der Waals surface area contributed by atoms with Crippen molar-refractivity contribution in [3.05, 3.63) is 77.3 Å². The molecular formula is C34H41N7O2. The first-order valence-corrected chi connectivity index (χ1v) is 15.4. The zero-order chi connectivity index (χ0) is 29.9. The smallest absolute Gasteiger partial charge is 0.318 e. The SMILES string of the molecule is [C-]#[N+]C[C@H]1CN(c2nc(OCCN(C)CC3CC3)nc3c2CCN(c2cccc4cccc(C)c24)C3)CCN1C(=O)C=C. The lowest BCUT2D eigenvalue weighted by Crippen LogP contribution is -2.56. The van der Waals surface area contributed by atoms with E-state index < -0.39 is 0 Å². The number of carbonyl (C=O) groups is 1. The molecule has 6 rings (SSSR count). The molecule has 2 aliphatic heterocycles. The molecule has 0 unspecified atom stereocenters. The van der Waals surface area contributed by atoms with E-state index in [1.54, 1.807) is 4.90 Å². The summed E-state index contributed by atoms with van der Waals surface area (Å²) >= 11 is 0. The van der Waals surface area contributed by atoms with Crippen molar-refractivity contribution in [2.24, 2.45) is 5.92 Å². The molecule has 2 aromatic carbocycles. The molecule has 1 atom stereocenters. The lowest BCUT2D eigenvalue weighted by molar-refractivity contribution is -0.128. The maximum atomic E-state index is 12.5. The standard InChI is InChI=1S/C34H41N7O2/c1-5-31(42)41-17-16-40(22-27(41)20-35-3)33-28-14-15-39(30-11-7-10-26-9-6-8-24(2)32(26)30)23-29(28)36-34(37-33)43-19-18-38(4)21-25-12-13-25/h5-11,25,27H,1,12-23H2,2,4H3/t27-/m0/s1. The predicted molar refractivity (Wildman–Crippen MR) is 171 cm³/mol. The number of benzene rings is 2. The fourth-order valence-electron chi connectivity index (χ4n) is 6.53. The van der Waals surface area contributed by atoms with Crippen LogP contribution in [0, 0.1) is 19.4 Å². The maximum Gasteiger partial charge on any atom is 0.318 e. The van der Waals surface area contributed by atoms with E-state index >= 15 is 0 Å². The number of amides is 1. The second-order valence-corrected chi connectivity index (χ2v) is 12.1. The molecule has 1 saturated carbocycles. The fourth-order valence-corrected chi connectivity index (χ4v) is 6.53. The Labute approximate surface area is 254 Å². The maximum absolute atomic E-state index is 12.5. The highest BCUT2D eigenvalue weighted by Gasteiger charge is 2.35. The molecule has 0 N–H and O–H groups in total. The molecule has 1 amide bonds. The van der Waals surface area contributed by atoms with Crippen LogP contribution in [0.25, 0.3) is 15.6 Å². The molecule has 1 saturated heterocycles. The van der Waals surface area contributed by atoms with Crippen LogP contribution >= 0.6 is 0 Å². The Hall–Kier alpha value is -4.16. The van der Waals surface area contributed by atoms with E-state index in [0.717, 1.165) is 49.0 Å². The molecule has 1 aliphatic carbocycles. The molecule has 1 aromatic heterocycles. The molecule has 3 heterocycles. The van der Waals surface area contributed by atoms with Gasteiger partial charge in [0, 0.05) is 55.9 Å². The van der Waals surface area contributed by atoms with Gasteiger partial charge in [0.25, 0.3) is 0 Å². The van der Waals surface area contributed by atoms with E-state index in [0.29, 0.717) is 38.8 Å². The average Bonchev–Trinajstić information content (AvgIpc) is 3.84. The summed E-state index contributed by atoms with van der Waals surface area (Å²) in [6.45, 7) is 19.2. The monoisotopic (exact) mass is 579 g/mol. The van der Waals surface area contributed by atoms with Crippen LogP contribution in [0.2, 0.25) is 0 Å². The van der Waals surface area contributed by atoms with Gasteiger partial charge in [-0.15, -0.1) is 0 Å². The van der Waals surface area contributed by atoms with Crippen molar-refractivity contribution in [3.63, 3.8) is 0 Å². The van der Waals surface area contributed by atoms with Crippen molar-refractivity contribution < 1.29 is 9.53 Å². The van der Waals surface area contributed by atoms with Gasteiger partial charge in [0.2, 0.25) is 12.5 Å². The van der Waals surface area contributed by atoms with Gasteiger partial charge in [-0.3, -0.25) is 4.79 Å². The fraction of sp³-hybridized carbons (Fsp3) is 0.471. The summed E-state index contributed by atoms with van der Waals surface area (Å²) in [5, 5.41) is 2.52. The number of carbonyl (C=O) groups excluding carboxylic acids is 1. The van der Waals surface area contributed by atoms with Gasteiger partial charge in [-0.05, 0) is 62.2 Å². The molecular weight excluding hydrogens is 538 g/mol. The minimum atomic E-state index is -0.221. The van der Waals surface area contributed by atoms with Gasteiger partial charge < -0.3 is 29.2 Å². The number of hydrogen-bond donors (Lipinski definition) is 0. The van der Waals surface area contributed by atoms with E-state index in [1.165, 1.54) is 40.9 Å². The molecule has 3 aromatic rings. The van der Waals surface area contributed by atoms with Crippen LogP contribution < -0.4 is 14.5 Å². The zero-order valence-corrected chi connectivity index (χ0v) is 25.3. The summed E-state index contributed by atoms with van der Waals surface area (Å²) in [5.41, 5.74) is 4.60. The van der Waals surface area contributed by atoms with Gasteiger partial charge in [-0.1, -0.05) is 36.9 Å². The predicted octanol–water partition coefficient (Wildman–Crippen LogP) is 4.34. The number of anilines is 2. The third kappa shape index (κ3) is 6.30. The third-order valence-electron chi connectivity index (χ3n) is 8.97. The first-order valence-electron chi connectivity index (χ1n) is 15.4. The normalized spacial score (nSPS) is 18.5. The molecule has 9 heteroatoms. The van der Waals surface area contributed by atoms with Crippen LogP contribution in [-0.4, -0.2) is 91.2 Å². The number of ether oxygens (including phenoxy) is 1. The summed E-state index contributed by atoms with van der Waals surface area (Å²) in [6, 6.07) is 13.2. The highest BCUT2D eigenvalue weighted by molar-refractivity contribution is 5.97. The minimum Gasteiger partial charge on any atom is -0.462 e. The summed E-state index contributed by atoms with van der Waals surface area (Å²) in [5.74, 6) is 1.58. The summed E-state index contributed by atoms with van der Waals surface area (Å²) < 4.78 is 6.22. The van der Waals surface area contributed by atoms with E-state index in [9.17, 15) is 4.79 Å². The van der Waals surface area contributed by atoms with Crippen molar-refractivity contribution in [1.29, 1.82) is 0 Å². The van der Waals surface area contributed by atoms with E-state index in [4.69, 9.17) is 21.3 Å². The summed E-state index contributed by atoms with van der Waals surface area (Å²) in [7, 11) is 2.15. The molecule has 2 fully saturated rings. The first kappa shape index (κ1) is 28.9. The molecule has 0 radical (unpaired) electrons. The number of rotatable bonds is 10. The number of nitrogens with zero attached hydrogens (tertiary/aromatic N) is 7. The number of piperazine rings is 1. The summed E-state index contributed by atoms with van der Waals surface area (Å²) in [4.78, 5) is 34.9. The Morgan fingerprint density at radius 2 is 1.98 bits per heavy atom. The van der Waals surface area contributed by atoms with Crippen LogP contribution in [0.4, 0.5) is 11.5 Å². The van der Waals surface area contributed by atoms with Gasteiger partial charge in [-0.2, -0.15) is 9.97 Å². The van der Waals surface area contributed by atoms with Crippen molar-refractivity contribution in [2.45, 2.75) is 38.8 Å². The lowest BCUT2D eigenvalue weighted by atomic mass is 9.99. The van der Waals surface area contributed by atoms with Crippen LogP contribution in [0.3, 0.4) is 0 Å². The second-order valence-electron chi connectivity index (χ2n) is 12.1. The van der Waals surface area contributed by atoms with Crippen LogP contribution in [-0.2, 0) is 17.8 Å². The number of likely N-dealkylation sites (N-methyl/N-ethyl adjacent to an activating group) is 1. The topological polar surface area (TPSA) is 69.4 Å². The number of aromatic nitrogens is 2. The van der Waals surface area contributed by atoms with Gasteiger partial charge in [0.15, 0.2) is 0 Å². The Bertz CT molecular complexity index is 1540. The van der Waals surface area contributed by atoms with Crippen LogP contribution in [0.15, 0.2) is 49.1 Å². The molecule has 9 nitrogen and oxygen atoms in total. The van der Waals surface area contributed by atoms with E-state index in [1.807, 2.05) is 0 Å². The van der Waals surface area contributed by atoms with Gasteiger partial charge in [0.05, 0.1) is 12.2 Å². The van der Waals surface area contributed by atoms with Gasteiger partial charge in [0.1, 0.15) is 18.5 Å². The second kappa shape index (κ2) is 12.6. The van der Waals surface area contributed by atoms with Crippen LogP contribution in [0.5, 0.6) is 6.01 Å². The highest BCUT2D eigenvalue weighted by Crippen LogP contribution is 2.36. The lowest BCUT2D eigenvalue weighted by Gasteiger charge is -2.41. The number of fused-ring (bicyclic) bond motifs is 2. The quantitative estimate of drug-likeness (QED) is 0.261. The number of hydrogen-bond acceptors (Lipinski definition) is 7. The first-order chi connectivity index (χ1) is 20.9. The Kier molecular flexibility index (Phi) is 8.48. The van der Waals surface area contributed by atoms with Gasteiger partial charge in [-0.25, -0.2) is 6.57 Å². The zero-order valence-electron chi connectivity index (χ0n) is 25.3. The molecule has 43 heavy (non-hydrogen) atoms. The average molecular weight is 580 g/mol. The number of aryl methyl sites for hydroxylation is 1. The van der Waals surface area contributed by atoms with Crippen LogP contribution in [0.1, 0.15) is 29.7 Å². The third-order valence-corrected chi connectivity index (χ3v) is 8.97. The van der Waals surface area contributed by atoms with Gasteiger partial charge >= 0.3 is 6.01 Å². The Morgan fingerprint density at radius 3 is 2.74 bits per heavy atom. The molecule has 224 valence electrons. The van der Waals surface area contributed by atoms with Crippen molar-refractivity contribution in [3.8, 4) is 6.01 Å².